The topological polar surface area (TPSA) is 74.6 Å². The SMILES string of the molecule is CCCCCCCC(=O)C(O)(C(=O)CCCCCCC)C(O)CS. The molecule has 0 fully saturated rings. The van der Waals surface area contributed by atoms with Crippen LogP contribution in [0.3, 0.4) is 0 Å². The van der Waals surface area contributed by atoms with Gasteiger partial charge in [0.2, 0.25) is 5.60 Å². The Bertz CT molecular complexity index is 331. The molecule has 0 heterocycles. The summed E-state index contributed by atoms with van der Waals surface area (Å²) in [5, 5.41) is 20.7. The zero-order valence-corrected chi connectivity index (χ0v) is 16.3. The van der Waals surface area contributed by atoms with Crippen molar-refractivity contribution >= 4 is 24.2 Å². The summed E-state index contributed by atoms with van der Waals surface area (Å²) in [7, 11) is 0. The number of hydrogen-bond donors (Lipinski definition) is 3. The van der Waals surface area contributed by atoms with Crippen LogP contribution in [0.15, 0.2) is 0 Å². The number of aliphatic hydroxyl groups excluding tert-OH is 1. The first-order valence-corrected chi connectivity index (χ1v) is 10.2. The van der Waals surface area contributed by atoms with Crippen molar-refractivity contribution in [2.75, 3.05) is 5.75 Å². The molecule has 0 aromatic carbocycles. The number of Topliss-reactive ketones (excluding diaryl/α,β-unsaturated/α-hetero) is 2. The lowest BCUT2D eigenvalue weighted by Crippen LogP contribution is -2.56. The minimum Gasteiger partial charge on any atom is -0.388 e. The quantitative estimate of drug-likeness (QED) is 0.222. The molecule has 5 heteroatoms. The molecule has 0 aliphatic rings. The minimum absolute atomic E-state index is 0.111. The second-order valence-corrected chi connectivity index (χ2v) is 7.00. The van der Waals surface area contributed by atoms with Crippen LogP contribution in [0.1, 0.15) is 90.9 Å². The largest absolute Gasteiger partial charge is 0.388 e. The van der Waals surface area contributed by atoms with Crippen LogP contribution in [-0.2, 0) is 9.59 Å². The molecule has 0 bridgehead atoms. The van der Waals surface area contributed by atoms with Crippen molar-refractivity contribution in [1.82, 2.24) is 0 Å². The number of hydrogen-bond acceptors (Lipinski definition) is 5. The average Bonchev–Trinajstić information content (AvgIpc) is 2.59. The molecule has 0 aromatic heterocycles. The van der Waals surface area contributed by atoms with E-state index in [-0.39, 0.29) is 18.6 Å². The van der Waals surface area contributed by atoms with Crippen molar-refractivity contribution in [1.29, 1.82) is 0 Å². The van der Waals surface area contributed by atoms with E-state index < -0.39 is 23.3 Å². The maximum absolute atomic E-state index is 12.4. The highest BCUT2D eigenvalue weighted by Gasteiger charge is 2.47. The van der Waals surface area contributed by atoms with Crippen molar-refractivity contribution in [3.8, 4) is 0 Å². The summed E-state index contributed by atoms with van der Waals surface area (Å²) < 4.78 is 0. The Hall–Kier alpha value is -0.390. The summed E-state index contributed by atoms with van der Waals surface area (Å²) >= 11 is 3.96. The van der Waals surface area contributed by atoms with Crippen molar-refractivity contribution in [3.63, 3.8) is 0 Å². The Balaban J connectivity index is 4.57. The number of carbonyl (C=O) groups is 2. The molecular weight excluding hydrogens is 324 g/mol. The van der Waals surface area contributed by atoms with Crippen LogP contribution in [-0.4, -0.2) is 39.2 Å². The molecule has 0 radical (unpaired) electrons. The van der Waals surface area contributed by atoms with Crippen LogP contribution in [0.25, 0.3) is 0 Å². The van der Waals surface area contributed by atoms with Gasteiger partial charge in [-0.1, -0.05) is 65.2 Å². The lowest BCUT2D eigenvalue weighted by atomic mass is 9.83. The molecule has 0 aliphatic heterocycles. The molecule has 142 valence electrons. The second-order valence-electron chi connectivity index (χ2n) is 6.64. The molecule has 24 heavy (non-hydrogen) atoms. The van der Waals surface area contributed by atoms with Crippen LogP contribution in [0.4, 0.5) is 0 Å². The molecule has 0 aliphatic carbocycles. The number of unbranched alkanes of at least 4 members (excludes halogenated alkanes) is 8. The highest BCUT2D eigenvalue weighted by atomic mass is 32.1. The van der Waals surface area contributed by atoms with Gasteiger partial charge in [-0.3, -0.25) is 9.59 Å². The monoisotopic (exact) mass is 360 g/mol. The summed E-state index contributed by atoms with van der Waals surface area (Å²) in [6.45, 7) is 4.23. The second kappa shape index (κ2) is 13.9. The molecule has 1 unspecified atom stereocenters. The molecule has 2 N–H and O–H groups in total. The maximum Gasteiger partial charge on any atom is 0.208 e. The van der Waals surface area contributed by atoms with E-state index >= 15 is 0 Å². The summed E-state index contributed by atoms with van der Waals surface area (Å²) in [4.78, 5) is 24.8. The zero-order chi connectivity index (χ0) is 18.4. The third-order valence-corrected chi connectivity index (χ3v) is 4.87. The van der Waals surface area contributed by atoms with E-state index in [1.807, 2.05) is 0 Å². The first-order valence-electron chi connectivity index (χ1n) is 9.52. The lowest BCUT2D eigenvalue weighted by Gasteiger charge is -2.29. The Morgan fingerprint density at radius 1 is 0.833 bits per heavy atom. The van der Waals surface area contributed by atoms with Crippen molar-refractivity contribution in [2.24, 2.45) is 0 Å². The van der Waals surface area contributed by atoms with Gasteiger partial charge in [-0.15, -0.1) is 0 Å². The number of aliphatic hydroxyl groups is 2. The van der Waals surface area contributed by atoms with Gasteiger partial charge in [-0.05, 0) is 12.8 Å². The fraction of sp³-hybridized carbons (Fsp3) is 0.895. The standard InChI is InChI=1S/C19H36O4S/c1-3-5-7-9-11-13-16(20)19(23,18(22)15-24)17(21)14-12-10-8-6-4-2/h18,22-24H,3-15H2,1-2H3. The van der Waals surface area contributed by atoms with Gasteiger partial charge in [0.1, 0.15) is 6.10 Å². The van der Waals surface area contributed by atoms with Gasteiger partial charge in [0.25, 0.3) is 0 Å². The Morgan fingerprint density at radius 2 is 1.21 bits per heavy atom. The summed E-state index contributed by atoms with van der Waals surface area (Å²) in [5.74, 6) is -1.22. The molecule has 0 rings (SSSR count). The van der Waals surface area contributed by atoms with Gasteiger partial charge in [0.15, 0.2) is 11.6 Å². The zero-order valence-electron chi connectivity index (χ0n) is 15.4. The lowest BCUT2D eigenvalue weighted by molar-refractivity contribution is -0.161. The number of carbonyl (C=O) groups excluding carboxylic acids is 2. The van der Waals surface area contributed by atoms with Gasteiger partial charge < -0.3 is 10.2 Å². The van der Waals surface area contributed by atoms with Gasteiger partial charge in [-0.2, -0.15) is 12.6 Å². The smallest absolute Gasteiger partial charge is 0.208 e. The first kappa shape index (κ1) is 23.6. The minimum atomic E-state index is -2.28. The normalized spacial score (nSPS) is 13.0. The first-order chi connectivity index (χ1) is 11.4. The predicted octanol–water partition coefficient (Wildman–Crippen LogP) is 3.87. The number of ketones is 2. The maximum atomic E-state index is 12.4. The third kappa shape index (κ3) is 8.13. The summed E-state index contributed by atoms with van der Waals surface area (Å²) in [6.07, 6.45) is 8.48. The van der Waals surface area contributed by atoms with Crippen molar-refractivity contribution in [3.05, 3.63) is 0 Å². The number of thiol groups is 1. The van der Waals surface area contributed by atoms with E-state index in [9.17, 15) is 19.8 Å². The Labute approximate surface area is 152 Å². The molecule has 0 saturated heterocycles. The van der Waals surface area contributed by atoms with Gasteiger partial charge in [0.05, 0.1) is 0 Å². The third-order valence-electron chi connectivity index (χ3n) is 4.52. The fourth-order valence-electron chi connectivity index (χ4n) is 2.82. The molecule has 4 nitrogen and oxygen atoms in total. The molecular formula is C19H36O4S. The van der Waals surface area contributed by atoms with E-state index in [0.717, 1.165) is 51.4 Å². The van der Waals surface area contributed by atoms with Crippen molar-refractivity contribution < 1.29 is 19.8 Å². The van der Waals surface area contributed by atoms with Gasteiger partial charge in [0, 0.05) is 18.6 Å². The van der Waals surface area contributed by atoms with Gasteiger partial charge >= 0.3 is 0 Å². The van der Waals surface area contributed by atoms with E-state index in [4.69, 9.17) is 0 Å². The highest BCUT2D eigenvalue weighted by molar-refractivity contribution is 7.80. The predicted molar refractivity (Wildman–Crippen MR) is 102 cm³/mol. The van der Waals surface area contributed by atoms with Crippen LogP contribution in [0.5, 0.6) is 0 Å². The van der Waals surface area contributed by atoms with Crippen LogP contribution >= 0.6 is 12.6 Å². The van der Waals surface area contributed by atoms with Crippen LogP contribution in [0, 0.1) is 0 Å². The van der Waals surface area contributed by atoms with E-state index in [0.29, 0.717) is 12.8 Å². The molecule has 0 spiro atoms. The Morgan fingerprint density at radius 3 is 1.54 bits per heavy atom. The van der Waals surface area contributed by atoms with E-state index in [1.165, 1.54) is 0 Å². The van der Waals surface area contributed by atoms with E-state index in [1.54, 1.807) is 0 Å². The number of rotatable bonds is 16. The van der Waals surface area contributed by atoms with E-state index in [2.05, 4.69) is 26.5 Å². The van der Waals surface area contributed by atoms with Gasteiger partial charge in [-0.25, -0.2) is 0 Å². The fourth-order valence-corrected chi connectivity index (χ4v) is 3.08. The molecule has 0 aromatic rings. The average molecular weight is 361 g/mol. The molecule has 0 amide bonds. The molecule has 1 atom stereocenters. The Kier molecular flexibility index (Phi) is 13.6. The van der Waals surface area contributed by atoms with Crippen molar-refractivity contribution in [2.45, 2.75) is 103 Å². The molecule has 0 saturated carbocycles. The van der Waals surface area contributed by atoms with Crippen LogP contribution < -0.4 is 0 Å². The summed E-state index contributed by atoms with van der Waals surface area (Å²) in [6, 6.07) is 0. The van der Waals surface area contributed by atoms with Crippen LogP contribution in [0.2, 0.25) is 0 Å². The summed E-state index contributed by atoms with van der Waals surface area (Å²) in [5.41, 5.74) is -2.28. The highest BCUT2D eigenvalue weighted by Crippen LogP contribution is 2.22.